The number of aryl methyl sites for hydroxylation is 2. The highest BCUT2D eigenvalue weighted by Gasteiger charge is 2.10. The largest absolute Gasteiger partial charge is 0.481 e. The van der Waals surface area contributed by atoms with E-state index in [9.17, 15) is 4.79 Å². The summed E-state index contributed by atoms with van der Waals surface area (Å²) < 4.78 is 0.887. The van der Waals surface area contributed by atoms with Crippen LogP contribution in [-0.2, 0) is 17.6 Å². The van der Waals surface area contributed by atoms with Crippen LogP contribution in [-0.4, -0.2) is 21.8 Å². The molecule has 0 aliphatic carbocycles. The Hall–Kier alpha value is -0.550. The molecule has 1 N–H and O–H groups in total. The van der Waals surface area contributed by atoms with Crippen LogP contribution in [0.2, 0.25) is 0 Å². The molecule has 0 radical (unpaired) electrons. The van der Waals surface area contributed by atoms with Gasteiger partial charge in [0, 0.05) is 4.88 Å². The van der Waals surface area contributed by atoms with Gasteiger partial charge in [-0.2, -0.15) is 0 Å². The smallest absolute Gasteiger partial charge is 0.313 e. The molecular formula is C10H15NO2S2. The number of aromatic nitrogens is 1. The van der Waals surface area contributed by atoms with Crippen LogP contribution in [0.25, 0.3) is 0 Å². The van der Waals surface area contributed by atoms with E-state index in [1.165, 1.54) is 16.6 Å². The molecule has 0 fully saturated rings. The van der Waals surface area contributed by atoms with Crippen LogP contribution in [0.1, 0.15) is 30.8 Å². The molecule has 0 spiro atoms. The number of hydrogen-bond acceptors (Lipinski definition) is 4. The Labute approximate surface area is 97.9 Å². The molecule has 1 aromatic heterocycles. The Morgan fingerprint density at radius 3 is 2.80 bits per heavy atom. The lowest BCUT2D eigenvalue weighted by atomic mass is 10.2. The number of hydrogen-bond donors (Lipinski definition) is 1. The summed E-state index contributed by atoms with van der Waals surface area (Å²) in [5.41, 5.74) is 1.15. The molecule has 0 amide bonds. The molecule has 3 nitrogen and oxygen atoms in total. The third-order valence-corrected chi connectivity index (χ3v) is 4.26. The molecule has 84 valence electrons. The molecule has 1 aromatic rings. The Kier molecular flexibility index (Phi) is 5.11. The van der Waals surface area contributed by atoms with Gasteiger partial charge in [0.25, 0.3) is 0 Å². The lowest BCUT2D eigenvalue weighted by molar-refractivity contribution is -0.133. The fraction of sp³-hybridized carbons (Fsp3) is 0.600. The Morgan fingerprint density at radius 2 is 2.27 bits per heavy atom. The minimum absolute atomic E-state index is 0.0994. The van der Waals surface area contributed by atoms with E-state index in [1.54, 1.807) is 11.3 Å². The minimum Gasteiger partial charge on any atom is -0.481 e. The van der Waals surface area contributed by atoms with Gasteiger partial charge in [-0.3, -0.25) is 4.79 Å². The third kappa shape index (κ3) is 3.83. The molecule has 0 atom stereocenters. The first-order valence-corrected chi connectivity index (χ1v) is 6.80. The van der Waals surface area contributed by atoms with Crippen LogP contribution in [0.15, 0.2) is 4.34 Å². The van der Waals surface area contributed by atoms with E-state index in [4.69, 9.17) is 5.11 Å². The van der Waals surface area contributed by atoms with Crippen molar-refractivity contribution in [2.24, 2.45) is 0 Å². The highest BCUT2D eigenvalue weighted by molar-refractivity contribution is 8.01. The maximum absolute atomic E-state index is 10.4. The second-order valence-electron chi connectivity index (χ2n) is 3.14. The average Bonchev–Trinajstić information content (AvgIpc) is 2.58. The van der Waals surface area contributed by atoms with Crippen LogP contribution < -0.4 is 0 Å². The Bertz CT molecular complexity index is 336. The van der Waals surface area contributed by atoms with Crippen LogP contribution in [0.5, 0.6) is 0 Å². The molecular weight excluding hydrogens is 230 g/mol. The summed E-state index contributed by atoms with van der Waals surface area (Å²) in [7, 11) is 0. The van der Waals surface area contributed by atoms with Gasteiger partial charge < -0.3 is 5.11 Å². The van der Waals surface area contributed by atoms with Gasteiger partial charge >= 0.3 is 5.97 Å². The molecule has 0 aromatic carbocycles. The zero-order chi connectivity index (χ0) is 11.3. The SMILES string of the molecule is CCCc1nc(SCC(=O)O)sc1CC. The second kappa shape index (κ2) is 6.12. The minimum atomic E-state index is -0.787. The molecule has 0 aliphatic rings. The van der Waals surface area contributed by atoms with Crippen molar-refractivity contribution in [2.75, 3.05) is 5.75 Å². The van der Waals surface area contributed by atoms with Crippen molar-refractivity contribution in [3.05, 3.63) is 10.6 Å². The van der Waals surface area contributed by atoms with Crippen LogP contribution in [0.4, 0.5) is 0 Å². The quantitative estimate of drug-likeness (QED) is 0.783. The summed E-state index contributed by atoms with van der Waals surface area (Å²) in [5.74, 6) is -0.687. The zero-order valence-corrected chi connectivity index (χ0v) is 10.6. The summed E-state index contributed by atoms with van der Waals surface area (Å²) in [6.07, 6.45) is 3.06. The van der Waals surface area contributed by atoms with Crippen molar-refractivity contribution in [2.45, 2.75) is 37.4 Å². The van der Waals surface area contributed by atoms with E-state index in [0.717, 1.165) is 29.3 Å². The van der Waals surface area contributed by atoms with Gasteiger partial charge in [-0.25, -0.2) is 4.98 Å². The monoisotopic (exact) mass is 245 g/mol. The van der Waals surface area contributed by atoms with Crippen molar-refractivity contribution in [1.82, 2.24) is 4.98 Å². The molecule has 0 unspecified atom stereocenters. The third-order valence-electron chi connectivity index (χ3n) is 1.89. The summed E-state index contributed by atoms with van der Waals surface area (Å²) in [6.45, 7) is 4.24. The van der Waals surface area contributed by atoms with Gasteiger partial charge in [-0.05, 0) is 12.8 Å². The summed E-state index contributed by atoms with van der Waals surface area (Å²) in [5, 5.41) is 8.57. The topological polar surface area (TPSA) is 50.2 Å². The number of carboxylic acids is 1. The number of aliphatic carboxylic acids is 1. The fourth-order valence-electron chi connectivity index (χ4n) is 1.25. The van der Waals surface area contributed by atoms with Gasteiger partial charge in [0.15, 0.2) is 4.34 Å². The zero-order valence-electron chi connectivity index (χ0n) is 8.95. The van der Waals surface area contributed by atoms with Crippen molar-refractivity contribution >= 4 is 29.1 Å². The van der Waals surface area contributed by atoms with Crippen LogP contribution >= 0.6 is 23.1 Å². The van der Waals surface area contributed by atoms with Gasteiger partial charge in [-0.1, -0.05) is 32.0 Å². The lowest BCUT2D eigenvalue weighted by Crippen LogP contribution is -1.97. The summed E-state index contributed by atoms with van der Waals surface area (Å²) in [4.78, 5) is 16.2. The lowest BCUT2D eigenvalue weighted by Gasteiger charge is -1.94. The standard InChI is InChI=1S/C10H15NO2S2/c1-3-5-7-8(4-2)15-10(11-7)14-6-9(12)13/h3-6H2,1-2H3,(H,12,13). The normalized spacial score (nSPS) is 10.5. The molecule has 5 heteroatoms. The highest BCUT2D eigenvalue weighted by Crippen LogP contribution is 2.28. The highest BCUT2D eigenvalue weighted by atomic mass is 32.2. The van der Waals surface area contributed by atoms with E-state index in [1.807, 2.05) is 0 Å². The van der Waals surface area contributed by atoms with Gasteiger partial charge in [0.2, 0.25) is 0 Å². The Morgan fingerprint density at radius 1 is 1.53 bits per heavy atom. The first kappa shape index (κ1) is 12.5. The van der Waals surface area contributed by atoms with Crippen LogP contribution in [0, 0.1) is 0 Å². The van der Waals surface area contributed by atoms with E-state index in [-0.39, 0.29) is 5.75 Å². The number of thioether (sulfide) groups is 1. The first-order chi connectivity index (χ1) is 7.17. The number of carboxylic acid groups (broad SMARTS) is 1. The van der Waals surface area contributed by atoms with Crippen molar-refractivity contribution in [3.63, 3.8) is 0 Å². The molecule has 0 saturated carbocycles. The molecule has 0 bridgehead atoms. The van der Waals surface area contributed by atoms with Gasteiger partial charge in [0.1, 0.15) is 0 Å². The maximum atomic E-state index is 10.4. The van der Waals surface area contributed by atoms with Crippen molar-refractivity contribution in [1.29, 1.82) is 0 Å². The number of rotatable bonds is 6. The molecule has 1 rings (SSSR count). The van der Waals surface area contributed by atoms with Gasteiger partial charge in [0.05, 0.1) is 11.4 Å². The predicted octanol–water partition coefficient (Wildman–Crippen LogP) is 2.83. The maximum Gasteiger partial charge on any atom is 0.313 e. The van der Waals surface area contributed by atoms with Gasteiger partial charge in [-0.15, -0.1) is 11.3 Å². The van der Waals surface area contributed by atoms with Crippen molar-refractivity contribution < 1.29 is 9.90 Å². The predicted molar refractivity (Wildman–Crippen MR) is 63.8 cm³/mol. The summed E-state index contributed by atoms with van der Waals surface area (Å²) in [6, 6.07) is 0. The van der Waals surface area contributed by atoms with E-state index in [2.05, 4.69) is 18.8 Å². The van der Waals surface area contributed by atoms with Crippen LogP contribution in [0.3, 0.4) is 0 Å². The number of thiazole rings is 1. The van der Waals surface area contributed by atoms with E-state index >= 15 is 0 Å². The van der Waals surface area contributed by atoms with E-state index < -0.39 is 5.97 Å². The first-order valence-electron chi connectivity index (χ1n) is 5.00. The molecule has 1 heterocycles. The average molecular weight is 245 g/mol. The molecule has 15 heavy (non-hydrogen) atoms. The number of carbonyl (C=O) groups is 1. The summed E-state index contributed by atoms with van der Waals surface area (Å²) >= 11 is 2.94. The second-order valence-corrected chi connectivity index (χ2v) is 5.44. The molecule has 0 aliphatic heterocycles. The molecule has 0 saturated heterocycles. The number of nitrogens with zero attached hydrogens (tertiary/aromatic N) is 1. The van der Waals surface area contributed by atoms with Crippen molar-refractivity contribution in [3.8, 4) is 0 Å². The fourth-order valence-corrected chi connectivity index (χ4v) is 3.17. The van der Waals surface area contributed by atoms with E-state index in [0.29, 0.717) is 0 Å². The Balaban J connectivity index is 2.69.